The fourth-order valence-corrected chi connectivity index (χ4v) is 2.26. The molecule has 0 spiro atoms. The molecule has 3 N–H and O–H groups in total. The van der Waals surface area contributed by atoms with Gasteiger partial charge in [-0.05, 0) is 35.7 Å². The Kier molecular flexibility index (Phi) is 2.98. The Morgan fingerprint density at radius 3 is 2.85 bits per heavy atom. The third-order valence-corrected chi connectivity index (χ3v) is 3.21. The second-order valence-corrected chi connectivity index (χ2v) is 4.69. The van der Waals surface area contributed by atoms with E-state index in [0.717, 1.165) is 28.0 Å². The van der Waals surface area contributed by atoms with Gasteiger partial charge in [-0.15, -0.1) is 5.10 Å². The summed E-state index contributed by atoms with van der Waals surface area (Å²) < 4.78 is 5.43. The third-order valence-electron chi connectivity index (χ3n) is 3.21. The van der Waals surface area contributed by atoms with Gasteiger partial charge in [0.25, 0.3) is 0 Å². The SMILES string of the molecule is COc1cc(C)ccc1Cc1cc(N)nc2n[nH]nc12. The Hall–Kier alpha value is -2.63. The van der Waals surface area contributed by atoms with Crippen LogP contribution in [-0.4, -0.2) is 27.5 Å². The number of nitrogens with one attached hydrogen (secondary N) is 1. The minimum absolute atomic E-state index is 0.437. The molecule has 0 aliphatic heterocycles. The van der Waals surface area contributed by atoms with Crippen LogP contribution < -0.4 is 10.5 Å². The molecule has 1 aromatic carbocycles. The van der Waals surface area contributed by atoms with E-state index in [9.17, 15) is 0 Å². The van der Waals surface area contributed by atoms with Gasteiger partial charge in [-0.1, -0.05) is 12.1 Å². The number of fused-ring (bicyclic) bond motifs is 1. The standard InChI is InChI=1S/C14H15N5O/c1-8-3-4-9(11(5-8)20-2)6-10-7-12(15)16-14-13(10)17-19-18-14/h3-5,7H,6H2,1-2H3,(H3,15,16,17,18,19). The molecule has 0 amide bonds. The topological polar surface area (TPSA) is 89.7 Å². The highest BCUT2D eigenvalue weighted by Crippen LogP contribution is 2.25. The lowest BCUT2D eigenvalue weighted by molar-refractivity contribution is 0.410. The van der Waals surface area contributed by atoms with E-state index in [2.05, 4.69) is 32.5 Å². The number of anilines is 1. The summed E-state index contributed by atoms with van der Waals surface area (Å²) in [6, 6.07) is 7.95. The van der Waals surface area contributed by atoms with Crippen LogP contribution in [0.1, 0.15) is 16.7 Å². The lowest BCUT2D eigenvalue weighted by atomic mass is 10.0. The van der Waals surface area contributed by atoms with Gasteiger partial charge in [0.15, 0.2) is 0 Å². The lowest BCUT2D eigenvalue weighted by Gasteiger charge is -2.10. The van der Waals surface area contributed by atoms with E-state index in [0.29, 0.717) is 17.9 Å². The number of hydrogen-bond acceptors (Lipinski definition) is 5. The van der Waals surface area contributed by atoms with Crippen molar-refractivity contribution in [3.05, 3.63) is 41.0 Å². The second-order valence-electron chi connectivity index (χ2n) is 4.69. The van der Waals surface area contributed by atoms with E-state index in [1.807, 2.05) is 19.1 Å². The molecule has 0 aliphatic rings. The smallest absolute Gasteiger partial charge is 0.203 e. The molecule has 0 saturated carbocycles. The highest BCUT2D eigenvalue weighted by Gasteiger charge is 2.11. The number of nitrogens with zero attached hydrogens (tertiary/aromatic N) is 3. The molecule has 3 aromatic rings. The number of methoxy groups -OCH3 is 1. The van der Waals surface area contributed by atoms with Crippen LogP contribution in [0.3, 0.4) is 0 Å². The van der Waals surface area contributed by atoms with Crippen molar-refractivity contribution in [2.75, 3.05) is 12.8 Å². The van der Waals surface area contributed by atoms with Crippen molar-refractivity contribution in [3.63, 3.8) is 0 Å². The van der Waals surface area contributed by atoms with Crippen LogP contribution in [0.25, 0.3) is 11.2 Å². The fourth-order valence-electron chi connectivity index (χ4n) is 2.26. The summed E-state index contributed by atoms with van der Waals surface area (Å²) in [4.78, 5) is 4.14. The predicted octanol–water partition coefficient (Wildman–Crippen LogP) is 1.84. The maximum atomic E-state index is 5.81. The molecule has 2 aromatic heterocycles. The van der Waals surface area contributed by atoms with Gasteiger partial charge in [0, 0.05) is 6.42 Å². The van der Waals surface area contributed by atoms with Crippen molar-refractivity contribution >= 4 is 17.0 Å². The average molecular weight is 269 g/mol. The largest absolute Gasteiger partial charge is 0.496 e. The quantitative estimate of drug-likeness (QED) is 0.757. The molecule has 0 atom stereocenters. The number of hydrogen-bond donors (Lipinski definition) is 2. The molecular formula is C14H15N5O. The Balaban J connectivity index is 2.07. The number of benzene rings is 1. The molecule has 0 fully saturated rings. The Morgan fingerprint density at radius 2 is 2.05 bits per heavy atom. The van der Waals surface area contributed by atoms with E-state index in [-0.39, 0.29) is 0 Å². The highest BCUT2D eigenvalue weighted by atomic mass is 16.5. The summed E-state index contributed by atoms with van der Waals surface area (Å²) in [7, 11) is 1.67. The van der Waals surface area contributed by atoms with Gasteiger partial charge in [0.05, 0.1) is 7.11 Å². The van der Waals surface area contributed by atoms with Crippen LogP contribution >= 0.6 is 0 Å². The van der Waals surface area contributed by atoms with E-state index >= 15 is 0 Å². The van der Waals surface area contributed by atoms with Gasteiger partial charge in [-0.2, -0.15) is 10.3 Å². The van der Waals surface area contributed by atoms with Crippen molar-refractivity contribution in [2.45, 2.75) is 13.3 Å². The van der Waals surface area contributed by atoms with E-state index in [4.69, 9.17) is 10.5 Å². The number of nitrogens with two attached hydrogens (primary N) is 1. The van der Waals surface area contributed by atoms with E-state index < -0.39 is 0 Å². The van der Waals surface area contributed by atoms with Crippen LogP contribution in [0.2, 0.25) is 0 Å². The van der Waals surface area contributed by atoms with Gasteiger partial charge in [-0.3, -0.25) is 0 Å². The van der Waals surface area contributed by atoms with E-state index in [1.165, 1.54) is 0 Å². The average Bonchev–Trinajstić information content (AvgIpc) is 2.88. The zero-order valence-corrected chi connectivity index (χ0v) is 11.3. The second kappa shape index (κ2) is 4.80. The molecular weight excluding hydrogens is 254 g/mol. The highest BCUT2D eigenvalue weighted by molar-refractivity contribution is 5.76. The van der Waals surface area contributed by atoms with Crippen molar-refractivity contribution in [2.24, 2.45) is 0 Å². The molecule has 0 aliphatic carbocycles. The number of nitrogen functional groups attached to an aromatic ring is 1. The number of ether oxygens (including phenoxy) is 1. The number of rotatable bonds is 3. The molecule has 0 unspecified atom stereocenters. The molecule has 6 heteroatoms. The van der Waals surface area contributed by atoms with Crippen molar-refractivity contribution < 1.29 is 4.74 Å². The summed E-state index contributed by atoms with van der Waals surface area (Å²) in [5.41, 5.74) is 10.3. The molecule has 0 bridgehead atoms. The number of aromatic nitrogens is 4. The number of pyridine rings is 1. The van der Waals surface area contributed by atoms with E-state index in [1.54, 1.807) is 7.11 Å². The Bertz CT molecular complexity index is 765. The molecule has 6 nitrogen and oxygen atoms in total. The monoisotopic (exact) mass is 269 g/mol. The van der Waals surface area contributed by atoms with Crippen molar-refractivity contribution in [1.82, 2.24) is 20.4 Å². The van der Waals surface area contributed by atoms with Crippen LogP contribution in [0.4, 0.5) is 5.82 Å². The minimum atomic E-state index is 0.437. The normalized spacial score (nSPS) is 10.9. The van der Waals surface area contributed by atoms with Gasteiger partial charge in [0.1, 0.15) is 17.1 Å². The summed E-state index contributed by atoms with van der Waals surface area (Å²) in [5.74, 6) is 1.30. The summed E-state index contributed by atoms with van der Waals surface area (Å²) in [6.45, 7) is 2.03. The number of aryl methyl sites for hydroxylation is 1. The van der Waals surface area contributed by atoms with Gasteiger partial charge < -0.3 is 10.5 Å². The van der Waals surface area contributed by atoms with Crippen molar-refractivity contribution in [1.29, 1.82) is 0 Å². The summed E-state index contributed by atoms with van der Waals surface area (Å²) >= 11 is 0. The molecule has 102 valence electrons. The first kappa shape index (κ1) is 12.4. The Labute approximate surface area is 116 Å². The third kappa shape index (κ3) is 2.16. The zero-order chi connectivity index (χ0) is 14.1. The molecule has 0 saturated heterocycles. The minimum Gasteiger partial charge on any atom is -0.496 e. The number of H-pyrrole nitrogens is 1. The first-order valence-corrected chi connectivity index (χ1v) is 6.27. The molecule has 2 heterocycles. The summed E-state index contributed by atoms with van der Waals surface area (Å²) in [5, 5.41) is 10.7. The molecule has 3 rings (SSSR count). The zero-order valence-electron chi connectivity index (χ0n) is 11.3. The number of aromatic amines is 1. The first-order chi connectivity index (χ1) is 9.67. The van der Waals surface area contributed by atoms with Gasteiger partial charge in [0.2, 0.25) is 5.65 Å². The predicted molar refractivity (Wildman–Crippen MR) is 76.6 cm³/mol. The maximum Gasteiger partial charge on any atom is 0.203 e. The molecule has 20 heavy (non-hydrogen) atoms. The lowest BCUT2D eigenvalue weighted by Crippen LogP contribution is -1.98. The first-order valence-electron chi connectivity index (χ1n) is 6.27. The summed E-state index contributed by atoms with van der Waals surface area (Å²) in [6.07, 6.45) is 0.666. The van der Waals surface area contributed by atoms with Crippen molar-refractivity contribution in [3.8, 4) is 5.75 Å². The Morgan fingerprint density at radius 1 is 1.20 bits per heavy atom. The van der Waals surface area contributed by atoms with Crippen LogP contribution in [-0.2, 0) is 6.42 Å². The van der Waals surface area contributed by atoms with Crippen LogP contribution in [0.15, 0.2) is 24.3 Å². The van der Waals surface area contributed by atoms with Crippen LogP contribution in [0, 0.1) is 6.92 Å². The molecule has 0 radical (unpaired) electrons. The van der Waals surface area contributed by atoms with Gasteiger partial charge >= 0.3 is 0 Å². The fraction of sp³-hybridized carbons (Fsp3) is 0.214. The maximum absolute atomic E-state index is 5.81. The van der Waals surface area contributed by atoms with Gasteiger partial charge in [-0.25, -0.2) is 4.98 Å². The van der Waals surface area contributed by atoms with Crippen LogP contribution in [0.5, 0.6) is 5.75 Å².